The van der Waals surface area contributed by atoms with Gasteiger partial charge in [0.2, 0.25) is 0 Å². The maximum atomic E-state index is 3.12. The highest BCUT2D eigenvalue weighted by molar-refractivity contribution is 5.78. The van der Waals surface area contributed by atoms with Crippen molar-refractivity contribution < 1.29 is 0 Å². The minimum Gasteiger partial charge on any atom is -0.361 e. The third-order valence-corrected chi connectivity index (χ3v) is 2.78. The fraction of sp³-hybridized carbons (Fsp3) is 0.419. The Morgan fingerprint density at radius 2 is 0.844 bits per heavy atom. The van der Waals surface area contributed by atoms with Crippen LogP contribution in [0.4, 0.5) is 0 Å². The van der Waals surface area contributed by atoms with Crippen LogP contribution < -0.4 is 0 Å². The summed E-state index contributed by atoms with van der Waals surface area (Å²) >= 11 is 0. The molecular formula is C31H55N. The van der Waals surface area contributed by atoms with Crippen molar-refractivity contribution in [3.8, 4) is 0 Å². The van der Waals surface area contributed by atoms with E-state index < -0.39 is 0 Å². The minimum atomic E-state index is 1.14. The number of para-hydroxylation sites is 1. The van der Waals surface area contributed by atoms with Gasteiger partial charge >= 0.3 is 0 Å². The Balaban J connectivity index is -0.0000000946. The lowest BCUT2D eigenvalue weighted by molar-refractivity contribution is 1.45. The van der Waals surface area contributed by atoms with Crippen LogP contribution in [0, 0.1) is 0 Å². The lowest BCUT2D eigenvalue weighted by atomic mass is 10.3. The van der Waals surface area contributed by atoms with Gasteiger partial charge in [-0.1, -0.05) is 162 Å². The molecule has 0 saturated carbocycles. The van der Waals surface area contributed by atoms with E-state index in [1.54, 1.807) is 0 Å². The van der Waals surface area contributed by atoms with Gasteiger partial charge in [0.25, 0.3) is 0 Å². The Kier molecular flexibility index (Phi) is 58.1. The Labute approximate surface area is 202 Å². The molecule has 1 nitrogen and oxygen atoms in total. The first-order valence-corrected chi connectivity index (χ1v) is 12.8. The molecule has 1 heterocycles. The first-order chi connectivity index (χ1) is 16.0. The molecule has 0 saturated heterocycles. The van der Waals surface area contributed by atoms with E-state index >= 15 is 0 Å². The van der Waals surface area contributed by atoms with Crippen molar-refractivity contribution in [2.75, 3.05) is 0 Å². The standard InChI is InChI=1S/C8H7N.C6H6.C5H6.6C2H6/c1-2-4-8-7(3-1)5-6-9-8;1-2-4-6-5-3-1;1-2-4-5-3-1;6*1-2/h1-6,9H;1-6H;1-4H,5H2;6*1-2H3. The van der Waals surface area contributed by atoms with Crippen molar-refractivity contribution in [3.05, 3.63) is 97.2 Å². The third-order valence-electron chi connectivity index (χ3n) is 2.78. The van der Waals surface area contributed by atoms with Gasteiger partial charge in [0.1, 0.15) is 0 Å². The summed E-state index contributed by atoms with van der Waals surface area (Å²) in [4.78, 5) is 3.12. The number of rotatable bonds is 0. The Bertz CT molecular complexity index is 581. The fourth-order valence-corrected chi connectivity index (χ4v) is 1.77. The van der Waals surface area contributed by atoms with E-state index in [9.17, 15) is 0 Å². The van der Waals surface area contributed by atoms with Gasteiger partial charge < -0.3 is 4.98 Å². The van der Waals surface area contributed by atoms with Crippen molar-refractivity contribution in [1.82, 2.24) is 4.98 Å². The molecular weight excluding hydrogens is 386 g/mol. The summed E-state index contributed by atoms with van der Waals surface area (Å²) in [5.74, 6) is 0. The zero-order chi connectivity index (χ0) is 25.9. The molecule has 3 aromatic rings. The van der Waals surface area contributed by atoms with Crippen molar-refractivity contribution in [2.45, 2.75) is 89.5 Å². The van der Waals surface area contributed by atoms with Crippen LogP contribution in [-0.2, 0) is 0 Å². The topological polar surface area (TPSA) is 15.8 Å². The second-order valence-electron chi connectivity index (χ2n) is 4.31. The molecule has 1 aliphatic carbocycles. The van der Waals surface area contributed by atoms with Crippen LogP contribution in [-0.4, -0.2) is 4.98 Å². The maximum absolute atomic E-state index is 3.12. The first kappa shape index (κ1) is 39.9. The van der Waals surface area contributed by atoms with Crippen molar-refractivity contribution >= 4 is 10.9 Å². The summed E-state index contributed by atoms with van der Waals surface area (Å²) in [7, 11) is 0. The number of aromatic nitrogens is 1. The monoisotopic (exact) mass is 441 g/mol. The Hall–Kier alpha value is -2.54. The molecule has 184 valence electrons. The highest BCUT2D eigenvalue weighted by atomic mass is 14.7. The number of benzene rings is 2. The molecule has 0 unspecified atom stereocenters. The molecule has 0 spiro atoms. The van der Waals surface area contributed by atoms with Gasteiger partial charge in [-0.25, -0.2) is 0 Å². The van der Waals surface area contributed by atoms with Gasteiger partial charge in [0.15, 0.2) is 0 Å². The van der Waals surface area contributed by atoms with Crippen molar-refractivity contribution in [3.63, 3.8) is 0 Å². The van der Waals surface area contributed by atoms with Crippen LogP contribution in [0.3, 0.4) is 0 Å². The molecule has 4 rings (SSSR count). The Morgan fingerprint density at radius 3 is 1.16 bits per heavy atom. The lowest BCUT2D eigenvalue weighted by Crippen LogP contribution is -1.61. The lowest BCUT2D eigenvalue weighted by Gasteiger charge is -1.83. The van der Waals surface area contributed by atoms with Crippen LogP contribution in [0.15, 0.2) is 97.2 Å². The zero-order valence-electron chi connectivity index (χ0n) is 23.4. The number of allylic oxidation sites excluding steroid dienone is 4. The van der Waals surface area contributed by atoms with Crippen LogP contribution in [0.5, 0.6) is 0 Å². The summed E-state index contributed by atoms with van der Waals surface area (Å²) in [6.07, 6.45) is 11.4. The van der Waals surface area contributed by atoms with E-state index in [0.717, 1.165) is 6.42 Å². The van der Waals surface area contributed by atoms with Gasteiger partial charge in [0, 0.05) is 11.7 Å². The van der Waals surface area contributed by atoms with E-state index in [1.165, 1.54) is 10.9 Å². The molecule has 32 heavy (non-hydrogen) atoms. The second-order valence-corrected chi connectivity index (χ2v) is 4.31. The number of H-pyrrole nitrogens is 1. The number of hydrogen-bond donors (Lipinski definition) is 1. The number of fused-ring (bicyclic) bond motifs is 1. The fourth-order valence-electron chi connectivity index (χ4n) is 1.77. The molecule has 0 fully saturated rings. The molecule has 0 radical (unpaired) electrons. The first-order valence-electron chi connectivity index (χ1n) is 12.8. The van der Waals surface area contributed by atoms with Gasteiger partial charge in [-0.2, -0.15) is 0 Å². The van der Waals surface area contributed by atoms with Crippen LogP contribution in [0.2, 0.25) is 0 Å². The summed E-state index contributed by atoms with van der Waals surface area (Å²) in [5.41, 5.74) is 1.21. The minimum absolute atomic E-state index is 1.14. The average molecular weight is 442 g/mol. The summed E-state index contributed by atoms with van der Waals surface area (Å²) in [6, 6.07) is 22.3. The van der Waals surface area contributed by atoms with Crippen molar-refractivity contribution in [1.29, 1.82) is 0 Å². The number of nitrogens with one attached hydrogen (secondary N) is 1. The van der Waals surface area contributed by atoms with Gasteiger partial charge in [-0.15, -0.1) is 0 Å². The zero-order valence-corrected chi connectivity index (χ0v) is 23.4. The van der Waals surface area contributed by atoms with Crippen LogP contribution >= 0.6 is 0 Å². The number of hydrogen-bond acceptors (Lipinski definition) is 0. The molecule has 0 amide bonds. The van der Waals surface area contributed by atoms with E-state index in [1.807, 2.05) is 138 Å². The molecule has 2 aromatic carbocycles. The Morgan fingerprint density at radius 1 is 0.469 bits per heavy atom. The van der Waals surface area contributed by atoms with E-state index in [2.05, 4.69) is 47.5 Å². The largest absolute Gasteiger partial charge is 0.361 e. The average Bonchev–Trinajstić information content (AvgIpc) is 3.68. The smallest absolute Gasteiger partial charge is 0.0453 e. The molecule has 0 aliphatic heterocycles. The van der Waals surface area contributed by atoms with Gasteiger partial charge in [-0.3, -0.25) is 0 Å². The second kappa shape index (κ2) is 46.6. The van der Waals surface area contributed by atoms with Gasteiger partial charge in [-0.05, 0) is 23.9 Å². The van der Waals surface area contributed by atoms with Crippen LogP contribution in [0.25, 0.3) is 10.9 Å². The SMILES string of the molecule is C1=CCC=C1.CC.CC.CC.CC.CC.CC.c1ccc2[nH]ccc2c1.c1ccccc1. The molecule has 1 aliphatic rings. The quantitative estimate of drug-likeness (QED) is 0.357. The number of aromatic amines is 1. The van der Waals surface area contributed by atoms with E-state index in [4.69, 9.17) is 0 Å². The van der Waals surface area contributed by atoms with E-state index in [-0.39, 0.29) is 0 Å². The molecule has 1 heteroatoms. The maximum Gasteiger partial charge on any atom is 0.0453 e. The predicted molar refractivity (Wildman–Crippen MR) is 156 cm³/mol. The molecule has 0 atom stereocenters. The summed E-state index contributed by atoms with van der Waals surface area (Å²) in [5, 5.41) is 1.28. The highest BCUT2D eigenvalue weighted by Crippen LogP contribution is 2.09. The van der Waals surface area contributed by atoms with Crippen molar-refractivity contribution in [2.24, 2.45) is 0 Å². The van der Waals surface area contributed by atoms with E-state index in [0.29, 0.717) is 0 Å². The summed E-state index contributed by atoms with van der Waals surface area (Å²) in [6.45, 7) is 24.0. The van der Waals surface area contributed by atoms with Gasteiger partial charge in [0.05, 0.1) is 0 Å². The molecule has 0 bridgehead atoms. The molecule has 1 N–H and O–H groups in total. The summed E-state index contributed by atoms with van der Waals surface area (Å²) < 4.78 is 0. The van der Waals surface area contributed by atoms with Crippen LogP contribution in [0.1, 0.15) is 89.5 Å². The molecule has 1 aromatic heterocycles. The normalized spacial score (nSPS) is 8.25. The third kappa shape index (κ3) is 29.7. The highest BCUT2D eigenvalue weighted by Gasteiger charge is 1.86. The predicted octanol–water partition coefficient (Wildman–Crippen LogP) is 11.5.